The predicted molar refractivity (Wildman–Crippen MR) is 95.4 cm³/mol. The molecular weight excluding hydrogens is 377 g/mol. The van der Waals surface area contributed by atoms with Crippen LogP contribution in [-0.2, 0) is 13.0 Å². The fraction of sp³-hybridized carbons (Fsp3) is 0.389. The van der Waals surface area contributed by atoms with E-state index in [1.54, 1.807) is 19.1 Å². The molecule has 0 saturated carbocycles. The fourth-order valence-electron chi connectivity index (χ4n) is 2.76. The minimum absolute atomic E-state index is 0.00500. The van der Waals surface area contributed by atoms with Crippen LogP contribution in [0, 0.1) is 0 Å². The maximum absolute atomic E-state index is 13.0. The quantitative estimate of drug-likeness (QED) is 0.676. The lowest BCUT2D eigenvalue weighted by atomic mass is 10.2. The smallest absolute Gasteiger partial charge is 0.408 e. The van der Waals surface area contributed by atoms with Gasteiger partial charge in [-0.3, -0.25) is 9.48 Å². The van der Waals surface area contributed by atoms with E-state index in [1.807, 2.05) is 13.8 Å². The van der Waals surface area contributed by atoms with Crippen molar-refractivity contribution in [1.82, 2.24) is 14.8 Å². The third-order valence-corrected chi connectivity index (χ3v) is 3.83. The van der Waals surface area contributed by atoms with Crippen LogP contribution in [0.3, 0.4) is 0 Å². The van der Waals surface area contributed by atoms with Gasteiger partial charge in [0.05, 0.1) is 11.6 Å². The van der Waals surface area contributed by atoms with Crippen molar-refractivity contribution in [1.29, 1.82) is 0 Å². The van der Waals surface area contributed by atoms with E-state index in [9.17, 15) is 18.0 Å². The summed E-state index contributed by atoms with van der Waals surface area (Å²) in [6, 6.07) is 4.65. The first-order valence-corrected chi connectivity index (χ1v) is 8.65. The number of fused-ring (bicyclic) bond motifs is 1. The third kappa shape index (κ3) is 4.26. The van der Waals surface area contributed by atoms with Gasteiger partial charge in [0, 0.05) is 17.9 Å². The molecule has 0 spiro atoms. The number of oxazole rings is 1. The molecule has 0 aliphatic rings. The molecule has 2 heterocycles. The van der Waals surface area contributed by atoms with Crippen LogP contribution in [0.15, 0.2) is 29.0 Å². The van der Waals surface area contributed by atoms with E-state index in [-0.39, 0.29) is 23.1 Å². The monoisotopic (exact) mass is 396 g/mol. The zero-order valence-corrected chi connectivity index (χ0v) is 15.5. The highest BCUT2D eigenvalue weighted by Gasteiger charge is 2.30. The number of rotatable bonds is 6. The molecule has 0 bridgehead atoms. The zero-order valence-electron chi connectivity index (χ0n) is 15.5. The molecule has 0 saturated heterocycles. The summed E-state index contributed by atoms with van der Waals surface area (Å²) in [5.74, 6) is 0.190. The molecule has 2 aromatic heterocycles. The SMILES string of the molecule is CCc1ocnc1C(=O)Nc1nn(CC(F)(F)F)c2cc(OC(C)C)ccc12. The molecule has 0 aliphatic heterocycles. The van der Waals surface area contributed by atoms with Crippen molar-refractivity contribution in [3.8, 4) is 5.75 Å². The number of amides is 1. The number of hydrogen-bond donors (Lipinski definition) is 1. The Hall–Kier alpha value is -3.04. The lowest BCUT2D eigenvalue weighted by molar-refractivity contribution is -0.141. The molecule has 0 aliphatic carbocycles. The summed E-state index contributed by atoms with van der Waals surface area (Å²) in [6.07, 6.45) is -3.03. The first-order valence-electron chi connectivity index (χ1n) is 8.65. The van der Waals surface area contributed by atoms with E-state index < -0.39 is 18.6 Å². The van der Waals surface area contributed by atoms with Crippen molar-refractivity contribution < 1.29 is 27.1 Å². The summed E-state index contributed by atoms with van der Waals surface area (Å²) >= 11 is 0. The summed E-state index contributed by atoms with van der Waals surface area (Å²) in [4.78, 5) is 16.3. The maximum atomic E-state index is 13.0. The highest BCUT2D eigenvalue weighted by Crippen LogP contribution is 2.30. The van der Waals surface area contributed by atoms with Gasteiger partial charge < -0.3 is 14.5 Å². The Morgan fingerprint density at radius 2 is 2.11 bits per heavy atom. The number of halogens is 3. The van der Waals surface area contributed by atoms with Crippen molar-refractivity contribution in [2.45, 2.75) is 46.0 Å². The number of hydrogen-bond acceptors (Lipinski definition) is 5. The summed E-state index contributed by atoms with van der Waals surface area (Å²) in [7, 11) is 0. The Labute approximate surface area is 158 Å². The van der Waals surface area contributed by atoms with Crippen molar-refractivity contribution in [2.75, 3.05) is 5.32 Å². The van der Waals surface area contributed by atoms with Crippen LogP contribution < -0.4 is 10.1 Å². The van der Waals surface area contributed by atoms with Crippen LogP contribution >= 0.6 is 0 Å². The molecule has 3 rings (SSSR count). The number of carbonyl (C=O) groups is 1. The molecule has 3 aromatic rings. The van der Waals surface area contributed by atoms with E-state index >= 15 is 0 Å². The second-order valence-corrected chi connectivity index (χ2v) is 6.40. The number of nitrogens with one attached hydrogen (secondary N) is 1. The van der Waals surface area contributed by atoms with Gasteiger partial charge in [-0.2, -0.15) is 18.3 Å². The second kappa shape index (κ2) is 7.53. The Kier molecular flexibility index (Phi) is 5.30. The minimum atomic E-state index is -4.48. The van der Waals surface area contributed by atoms with Gasteiger partial charge in [-0.05, 0) is 26.0 Å². The van der Waals surface area contributed by atoms with Gasteiger partial charge in [-0.1, -0.05) is 6.92 Å². The van der Waals surface area contributed by atoms with Crippen LogP contribution in [0.25, 0.3) is 10.9 Å². The molecule has 0 atom stereocenters. The normalized spacial score (nSPS) is 12.0. The number of aryl methyl sites for hydroxylation is 1. The average Bonchev–Trinajstić information content (AvgIpc) is 3.18. The molecule has 1 aromatic carbocycles. The molecule has 1 amide bonds. The molecule has 10 heteroatoms. The van der Waals surface area contributed by atoms with Gasteiger partial charge in [0.25, 0.3) is 5.91 Å². The van der Waals surface area contributed by atoms with Crippen molar-refractivity contribution in [3.63, 3.8) is 0 Å². The van der Waals surface area contributed by atoms with E-state index in [0.717, 1.165) is 11.1 Å². The van der Waals surface area contributed by atoms with Crippen LogP contribution in [0.1, 0.15) is 37.0 Å². The summed E-state index contributed by atoms with van der Waals surface area (Å²) in [5.41, 5.74) is 0.266. The van der Waals surface area contributed by atoms with E-state index in [0.29, 0.717) is 23.3 Å². The number of nitrogens with zero attached hydrogens (tertiary/aromatic N) is 3. The number of alkyl halides is 3. The van der Waals surface area contributed by atoms with Crippen LogP contribution in [0.4, 0.5) is 19.0 Å². The fourth-order valence-corrected chi connectivity index (χ4v) is 2.76. The number of anilines is 1. The number of benzene rings is 1. The molecule has 28 heavy (non-hydrogen) atoms. The van der Waals surface area contributed by atoms with Crippen molar-refractivity contribution >= 4 is 22.6 Å². The first kappa shape index (κ1) is 19.7. The Bertz CT molecular complexity index is 992. The second-order valence-electron chi connectivity index (χ2n) is 6.40. The maximum Gasteiger partial charge on any atom is 0.408 e. The highest BCUT2D eigenvalue weighted by molar-refractivity contribution is 6.07. The Morgan fingerprint density at radius 1 is 1.36 bits per heavy atom. The Balaban J connectivity index is 2.00. The van der Waals surface area contributed by atoms with Gasteiger partial charge in [0.15, 0.2) is 17.9 Å². The molecule has 0 unspecified atom stereocenters. The van der Waals surface area contributed by atoms with Gasteiger partial charge in [-0.25, -0.2) is 4.98 Å². The van der Waals surface area contributed by atoms with Crippen LogP contribution in [0.5, 0.6) is 5.75 Å². The zero-order chi connectivity index (χ0) is 20.5. The van der Waals surface area contributed by atoms with Gasteiger partial charge in [0.2, 0.25) is 0 Å². The molecule has 1 N–H and O–H groups in total. The van der Waals surface area contributed by atoms with Gasteiger partial charge >= 0.3 is 6.18 Å². The molecule has 0 fully saturated rings. The van der Waals surface area contributed by atoms with Crippen LogP contribution in [-0.4, -0.2) is 33.0 Å². The standard InChI is InChI=1S/C18H19F3N4O3/c1-4-14-15(22-9-27-14)17(26)23-16-12-6-5-11(28-10(2)3)7-13(12)25(24-16)8-18(19,20)21/h5-7,9-10H,4,8H2,1-3H3,(H,23,24,26). The minimum Gasteiger partial charge on any atom is -0.491 e. The molecule has 0 radical (unpaired) electrons. The van der Waals surface area contributed by atoms with Gasteiger partial charge in [-0.15, -0.1) is 0 Å². The highest BCUT2D eigenvalue weighted by atomic mass is 19.4. The van der Waals surface area contributed by atoms with E-state index in [1.165, 1.54) is 6.07 Å². The number of carbonyl (C=O) groups excluding carboxylic acids is 1. The first-order chi connectivity index (χ1) is 13.2. The largest absolute Gasteiger partial charge is 0.491 e. The van der Waals surface area contributed by atoms with Crippen molar-refractivity contribution in [2.24, 2.45) is 0 Å². The van der Waals surface area contributed by atoms with Gasteiger partial charge in [0.1, 0.15) is 18.1 Å². The lowest BCUT2D eigenvalue weighted by Gasteiger charge is -2.11. The summed E-state index contributed by atoms with van der Waals surface area (Å²) in [6.45, 7) is 4.12. The number of aromatic nitrogens is 3. The summed E-state index contributed by atoms with van der Waals surface area (Å²) in [5, 5.41) is 6.83. The lowest BCUT2D eigenvalue weighted by Crippen LogP contribution is -2.19. The van der Waals surface area contributed by atoms with E-state index in [4.69, 9.17) is 9.15 Å². The van der Waals surface area contributed by atoms with Crippen LogP contribution in [0.2, 0.25) is 0 Å². The summed E-state index contributed by atoms with van der Waals surface area (Å²) < 4.78 is 50.4. The number of ether oxygens (including phenoxy) is 1. The van der Waals surface area contributed by atoms with Crippen molar-refractivity contribution in [3.05, 3.63) is 36.0 Å². The Morgan fingerprint density at radius 3 is 2.75 bits per heavy atom. The topological polar surface area (TPSA) is 82.2 Å². The average molecular weight is 396 g/mol. The molecule has 150 valence electrons. The van der Waals surface area contributed by atoms with E-state index in [2.05, 4.69) is 15.4 Å². The molecule has 7 nitrogen and oxygen atoms in total. The third-order valence-electron chi connectivity index (χ3n) is 3.83. The molecular formula is C18H19F3N4O3. The predicted octanol–water partition coefficient (Wildman–Crippen LogP) is 4.19.